The number of amides is 2. The second-order valence-electron chi connectivity index (χ2n) is 8.44. The fraction of sp³-hybridized carbons (Fsp3) is 0.333. The summed E-state index contributed by atoms with van der Waals surface area (Å²) in [5.41, 5.74) is 10.2. The number of nitrogens with zero attached hydrogens (tertiary/aromatic N) is 2. The normalized spacial score (nSPS) is 21.3. The van der Waals surface area contributed by atoms with Crippen molar-refractivity contribution in [2.45, 2.75) is 24.5 Å². The van der Waals surface area contributed by atoms with Crippen molar-refractivity contribution in [1.29, 1.82) is 0 Å². The molecule has 2 aromatic rings. The summed E-state index contributed by atoms with van der Waals surface area (Å²) in [5.74, 6) is -0.226. The summed E-state index contributed by atoms with van der Waals surface area (Å²) in [5, 5.41) is 10.0. The third-order valence-corrected chi connectivity index (χ3v) is 6.43. The van der Waals surface area contributed by atoms with Crippen LogP contribution in [0.2, 0.25) is 0 Å². The first-order valence-corrected chi connectivity index (χ1v) is 10.7. The molecule has 1 saturated carbocycles. The first-order chi connectivity index (χ1) is 15.0. The van der Waals surface area contributed by atoms with Gasteiger partial charge in [0.15, 0.2) is 0 Å². The molecule has 2 heterocycles. The minimum atomic E-state index is -1.14. The molecule has 5 rings (SSSR count). The quantitative estimate of drug-likeness (QED) is 0.664. The number of anilines is 1. The molecule has 3 N–H and O–H groups in total. The molecule has 1 atom stereocenters. The average molecular weight is 418 g/mol. The van der Waals surface area contributed by atoms with Gasteiger partial charge in [-0.2, -0.15) is 0 Å². The fourth-order valence-electron chi connectivity index (χ4n) is 4.38. The van der Waals surface area contributed by atoms with Crippen LogP contribution in [0.1, 0.15) is 34.8 Å². The number of fused-ring (bicyclic) bond motifs is 1. The van der Waals surface area contributed by atoms with E-state index >= 15 is 0 Å². The van der Waals surface area contributed by atoms with Crippen molar-refractivity contribution in [2.75, 3.05) is 31.6 Å². The van der Waals surface area contributed by atoms with Crippen LogP contribution >= 0.6 is 0 Å². The highest BCUT2D eigenvalue weighted by Gasteiger charge is 2.50. The standard InChI is InChI=1S/C24H26N4O3/c1-2-19-21-18(4-3-5-20(21)26-25-19)16-6-8-17(9-7-16)22(29)27-12-14-28(15-13-27)23(30)24(31)10-11-24/h2-9,19,25-26,31H,1,10-15H2. The summed E-state index contributed by atoms with van der Waals surface area (Å²) in [4.78, 5) is 28.7. The van der Waals surface area contributed by atoms with E-state index in [-0.39, 0.29) is 17.9 Å². The van der Waals surface area contributed by atoms with E-state index in [9.17, 15) is 14.7 Å². The van der Waals surface area contributed by atoms with Crippen LogP contribution in [0.4, 0.5) is 5.69 Å². The van der Waals surface area contributed by atoms with Crippen LogP contribution in [0.15, 0.2) is 55.1 Å². The van der Waals surface area contributed by atoms with Gasteiger partial charge in [0.05, 0.1) is 11.7 Å². The molecule has 1 saturated heterocycles. The predicted molar refractivity (Wildman–Crippen MR) is 118 cm³/mol. The molecule has 160 valence electrons. The monoisotopic (exact) mass is 418 g/mol. The largest absolute Gasteiger partial charge is 0.380 e. The van der Waals surface area contributed by atoms with Crippen molar-refractivity contribution in [3.05, 3.63) is 66.2 Å². The number of hydrazine groups is 1. The van der Waals surface area contributed by atoms with Gasteiger partial charge in [0.25, 0.3) is 11.8 Å². The highest BCUT2D eigenvalue weighted by atomic mass is 16.3. The number of piperazine rings is 1. The van der Waals surface area contributed by atoms with Crippen molar-refractivity contribution in [2.24, 2.45) is 0 Å². The summed E-state index contributed by atoms with van der Waals surface area (Å²) < 4.78 is 0. The maximum atomic E-state index is 13.0. The van der Waals surface area contributed by atoms with Crippen LogP contribution < -0.4 is 10.9 Å². The van der Waals surface area contributed by atoms with Crippen molar-refractivity contribution in [1.82, 2.24) is 15.2 Å². The lowest BCUT2D eigenvalue weighted by atomic mass is 9.94. The second kappa shape index (κ2) is 7.51. The number of nitrogens with one attached hydrogen (secondary N) is 2. The van der Waals surface area contributed by atoms with Crippen molar-refractivity contribution >= 4 is 17.5 Å². The summed E-state index contributed by atoms with van der Waals surface area (Å²) in [6.07, 6.45) is 2.95. The van der Waals surface area contributed by atoms with Crippen LogP contribution in [-0.4, -0.2) is 58.5 Å². The molecule has 1 aliphatic carbocycles. The highest BCUT2D eigenvalue weighted by Crippen LogP contribution is 2.38. The Morgan fingerprint density at radius 3 is 2.35 bits per heavy atom. The Morgan fingerprint density at radius 1 is 1.03 bits per heavy atom. The SMILES string of the molecule is C=CC1NNc2cccc(-c3ccc(C(=O)N4CCN(C(=O)C5(O)CC5)CC4)cc3)c21. The maximum absolute atomic E-state index is 13.0. The summed E-state index contributed by atoms with van der Waals surface area (Å²) in [6.45, 7) is 5.79. The molecule has 31 heavy (non-hydrogen) atoms. The molecule has 0 bridgehead atoms. The van der Waals surface area contributed by atoms with Gasteiger partial charge >= 0.3 is 0 Å². The molecule has 0 radical (unpaired) electrons. The van der Waals surface area contributed by atoms with E-state index < -0.39 is 5.60 Å². The molecule has 1 unspecified atom stereocenters. The second-order valence-corrected chi connectivity index (χ2v) is 8.44. The number of hydrogen-bond donors (Lipinski definition) is 3. The molecule has 7 heteroatoms. The Hall–Kier alpha value is -3.16. The van der Waals surface area contributed by atoms with E-state index in [1.807, 2.05) is 42.5 Å². The first-order valence-electron chi connectivity index (χ1n) is 10.7. The number of aliphatic hydroxyl groups is 1. The van der Waals surface area contributed by atoms with E-state index in [2.05, 4.69) is 23.5 Å². The third kappa shape index (κ3) is 3.49. The van der Waals surface area contributed by atoms with E-state index in [4.69, 9.17) is 0 Å². The van der Waals surface area contributed by atoms with Crippen molar-refractivity contribution < 1.29 is 14.7 Å². The lowest BCUT2D eigenvalue weighted by Crippen LogP contribution is -2.53. The van der Waals surface area contributed by atoms with Crippen molar-refractivity contribution in [3.63, 3.8) is 0 Å². The summed E-state index contributed by atoms with van der Waals surface area (Å²) in [7, 11) is 0. The van der Waals surface area contributed by atoms with E-state index in [0.717, 1.165) is 22.4 Å². The molecule has 0 aromatic heterocycles. The molecule has 2 aromatic carbocycles. The Kier molecular flexibility index (Phi) is 4.79. The molecular weight excluding hydrogens is 392 g/mol. The third-order valence-electron chi connectivity index (χ3n) is 6.43. The Morgan fingerprint density at radius 2 is 1.71 bits per heavy atom. The van der Waals surface area contributed by atoms with Crippen LogP contribution in [0.3, 0.4) is 0 Å². The smallest absolute Gasteiger partial charge is 0.254 e. The van der Waals surface area contributed by atoms with Gasteiger partial charge in [0, 0.05) is 37.3 Å². The Bertz CT molecular complexity index is 1040. The number of hydrogen-bond acceptors (Lipinski definition) is 5. The first kappa shape index (κ1) is 19.8. The molecule has 2 aliphatic heterocycles. The Balaban J connectivity index is 1.28. The number of carbonyl (C=O) groups is 2. The number of benzene rings is 2. The maximum Gasteiger partial charge on any atom is 0.254 e. The minimum Gasteiger partial charge on any atom is -0.380 e. The van der Waals surface area contributed by atoms with Gasteiger partial charge in [0.1, 0.15) is 5.60 Å². The molecular formula is C24H26N4O3. The van der Waals surface area contributed by atoms with Crippen LogP contribution in [0, 0.1) is 0 Å². The number of carbonyl (C=O) groups excluding carboxylic acids is 2. The van der Waals surface area contributed by atoms with E-state index in [1.54, 1.807) is 9.80 Å². The predicted octanol–water partition coefficient (Wildman–Crippen LogP) is 2.32. The average Bonchev–Trinajstić information content (AvgIpc) is 3.43. The summed E-state index contributed by atoms with van der Waals surface area (Å²) >= 11 is 0. The van der Waals surface area contributed by atoms with Gasteiger partial charge in [-0.1, -0.05) is 30.3 Å². The zero-order valence-electron chi connectivity index (χ0n) is 17.3. The lowest BCUT2D eigenvalue weighted by molar-refractivity contribution is -0.143. The lowest BCUT2D eigenvalue weighted by Gasteiger charge is -2.35. The summed E-state index contributed by atoms with van der Waals surface area (Å²) in [6, 6.07) is 13.8. The molecule has 0 spiro atoms. The molecule has 2 amide bonds. The van der Waals surface area contributed by atoms with E-state index in [1.165, 1.54) is 0 Å². The van der Waals surface area contributed by atoms with Crippen LogP contribution in [0.5, 0.6) is 0 Å². The van der Waals surface area contributed by atoms with Gasteiger partial charge in [-0.3, -0.25) is 9.59 Å². The van der Waals surface area contributed by atoms with Crippen LogP contribution in [0.25, 0.3) is 11.1 Å². The topological polar surface area (TPSA) is 84.9 Å². The van der Waals surface area contributed by atoms with E-state index in [0.29, 0.717) is 44.6 Å². The van der Waals surface area contributed by atoms with Gasteiger partial charge in [0.2, 0.25) is 0 Å². The van der Waals surface area contributed by atoms with Gasteiger partial charge < -0.3 is 20.3 Å². The zero-order chi connectivity index (χ0) is 21.6. The van der Waals surface area contributed by atoms with Crippen LogP contribution in [-0.2, 0) is 4.79 Å². The van der Waals surface area contributed by atoms with Gasteiger partial charge in [-0.05, 0) is 42.2 Å². The highest BCUT2D eigenvalue weighted by molar-refractivity contribution is 5.95. The van der Waals surface area contributed by atoms with Gasteiger partial charge in [-0.15, -0.1) is 6.58 Å². The fourth-order valence-corrected chi connectivity index (χ4v) is 4.38. The Labute approximate surface area is 181 Å². The molecule has 7 nitrogen and oxygen atoms in total. The molecule has 3 aliphatic rings. The van der Waals surface area contributed by atoms with Crippen molar-refractivity contribution in [3.8, 4) is 11.1 Å². The molecule has 2 fully saturated rings. The minimum absolute atomic E-state index is 0.0280. The number of rotatable bonds is 4. The zero-order valence-corrected chi connectivity index (χ0v) is 17.3. The van der Waals surface area contributed by atoms with Gasteiger partial charge in [-0.25, -0.2) is 5.43 Å².